The molecule has 1 rings (SSSR count). The molecule has 0 fully saturated rings. The molecule has 0 spiro atoms. The Morgan fingerprint density at radius 2 is 2.17 bits per heavy atom. The zero-order valence-corrected chi connectivity index (χ0v) is 8.64. The van der Waals surface area contributed by atoms with Gasteiger partial charge in [-0.3, -0.25) is 0 Å². The molecule has 0 unspecified atom stereocenters. The van der Waals surface area contributed by atoms with Gasteiger partial charge >= 0.3 is 0 Å². The Labute approximate surface area is 81.4 Å². The van der Waals surface area contributed by atoms with Crippen molar-refractivity contribution >= 4 is 27.7 Å². The SMILES string of the molecule is Cc1cc(N)cc(C=CCBr)c1. The van der Waals surface area contributed by atoms with Crippen LogP contribution in [0.5, 0.6) is 0 Å². The van der Waals surface area contributed by atoms with Crippen LogP contribution in [0.15, 0.2) is 24.3 Å². The minimum Gasteiger partial charge on any atom is -0.399 e. The first kappa shape index (κ1) is 9.33. The van der Waals surface area contributed by atoms with Gasteiger partial charge in [-0.05, 0) is 30.2 Å². The number of allylic oxidation sites excluding steroid dienone is 1. The summed E-state index contributed by atoms with van der Waals surface area (Å²) >= 11 is 3.33. The summed E-state index contributed by atoms with van der Waals surface area (Å²) in [7, 11) is 0. The van der Waals surface area contributed by atoms with Crippen LogP contribution in [0.1, 0.15) is 11.1 Å². The Morgan fingerprint density at radius 3 is 2.75 bits per heavy atom. The molecule has 0 aromatic heterocycles. The Kier molecular flexibility index (Phi) is 3.35. The van der Waals surface area contributed by atoms with Crippen molar-refractivity contribution in [1.82, 2.24) is 0 Å². The summed E-state index contributed by atoms with van der Waals surface area (Å²) in [6, 6.07) is 6.03. The Bertz CT molecular complexity index is 272. The highest BCUT2D eigenvalue weighted by Crippen LogP contribution is 2.12. The van der Waals surface area contributed by atoms with Gasteiger partial charge in [0.1, 0.15) is 0 Å². The molecular weight excluding hydrogens is 214 g/mol. The monoisotopic (exact) mass is 225 g/mol. The first-order chi connectivity index (χ1) is 5.72. The van der Waals surface area contributed by atoms with Crippen LogP contribution in [0, 0.1) is 6.92 Å². The number of anilines is 1. The molecule has 0 saturated carbocycles. The number of hydrogen-bond acceptors (Lipinski definition) is 1. The Balaban J connectivity index is 2.93. The molecule has 0 heterocycles. The lowest BCUT2D eigenvalue weighted by Crippen LogP contribution is -1.86. The quantitative estimate of drug-likeness (QED) is 0.608. The summed E-state index contributed by atoms with van der Waals surface area (Å²) in [5, 5.41) is 0.876. The molecule has 1 nitrogen and oxygen atoms in total. The van der Waals surface area contributed by atoms with Crippen molar-refractivity contribution in [2.24, 2.45) is 0 Å². The standard InChI is InChI=1S/C10H12BrN/c1-8-5-9(3-2-4-11)7-10(12)6-8/h2-3,5-7H,4,12H2,1H3. The molecule has 0 bridgehead atoms. The molecule has 0 saturated heterocycles. The molecule has 2 heteroatoms. The Morgan fingerprint density at radius 1 is 1.42 bits per heavy atom. The summed E-state index contributed by atoms with van der Waals surface area (Å²) in [5.41, 5.74) is 8.87. The number of alkyl halides is 1. The fourth-order valence-corrected chi connectivity index (χ4v) is 1.31. The largest absolute Gasteiger partial charge is 0.399 e. The van der Waals surface area contributed by atoms with Crippen LogP contribution in [0.2, 0.25) is 0 Å². The number of aryl methyl sites for hydroxylation is 1. The van der Waals surface area contributed by atoms with Gasteiger partial charge in [-0.2, -0.15) is 0 Å². The second-order valence-electron chi connectivity index (χ2n) is 2.73. The lowest BCUT2D eigenvalue weighted by Gasteiger charge is -1.98. The summed E-state index contributed by atoms with van der Waals surface area (Å²) in [6.45, 7) is 2.04. The first-order valence-corrected chi connectivity index (χ1v) is 4.94. The maximum atomic E-state index is 5.69. The van der Waals surface area contributed by atoms with Crippen molar-refractivity contribution in [2.45, 2.75) is 6.92 Å². The fourth-order valence-electron chi connectivity index (χ4n) is 1.12. The predicted molar refractivity (Wildman–Crippen MR) is 58.4 cm³/mol. The highest BCUT2D eigenvalue weighted by Gasteiger charge is 1.91. The minimum atomic E-state index is 0.823. The number of benzene rings is 1. The third-order valence-electron chi connectivity index (χ3n) is 1.52. The van der Waals surface area contributed by atoms with Crippen LogP contribution in [-0.4, -0.2) is 5.33 Å². The molecule has 0 aliphatic carbocycles. The van der Waals surface area contributed by atoms with Crippen molar-refractivity contribution in [3.8, 4) is 0 Å². The van der Waals surface area contributed by atoms with Crippen LogP contribution in [0.25, 0.3) is 6.08 Å². The van der Waals surface area contributed by atoms with Crippen molar-refractivity contribution in [2.75, 3.05) is 11.1 Å². The number of nitrogens with two attached hydrogens (primary N) is 1. The Hall–Kier alpha value is -0.760. The average molecular weight is 226 g/mol. The van der Waals surface area contributed by atoms with Crippen molar-refractivity contribution in [3.05, 3.63) is 35.4 Å². The zero-order chi connectivity index (χ0) is 8.97. The number of halogens is 1. The summed E-state index contributed by atoms with van der Waals surface area (Å²) in [6.07, 6.45) is 4.10. The summed E-state index contributed by atoms with van der Waals surface area (Å²) < 4.78 is 0. The molecule has 2 N–H and O–H groups in total. The van der Waals surface area contributed by atoms with Gasteiger partial charge in [0.25, 0.3) is 0 Å². The van der Waals surface area contributed by atoms with E-state index in [2.05, 4.69) is 28.1 Å². The van der Waals surface area contributed by atoms with E-state index < -0.39 is 0 Å². The first-order valence-electron chi connectivity index (χ1n) is 3.82. The third-order valence-corrected chi connectivity index (χ3v) is 1.90. The van der Waals surface area contributed by atoms with Crippen LogP contribution < -0.4 is 5.73 Å². The lowest BCUT2D eigenvalue weighted by molar-refractivity contribution is 1.46. The van der Waals surface area contributed by atoms with E-state index in [1.54, 1.807) is 0 Å². The molecule has 64 valence electrons. The fraction of sp³-hybridized carbons (Fsp3) is 0.200. The van der Waals surface area contributed by atoms with Gasteiger partial charge in [0.15, 0.2) is 0 Å². The molecule has 1 aromatic rings. The van der Waals surface area contributed by atoms with Gasteiger partial charge in [0.2, 0.25) is 0 Å². The van der Waals surface area contributed by atoms with Gasteiger partial charge in [-0.15, -0.1) is 0 Å². The van der Waals surface area contributed by atoms with Crippen molar-refractivity contribution < 1.29 is 0 Å². The van der Waals surface area contributed by atoms with Gasteiger partial charge in [-0.25, -0.2) is 0 Å². The topological polar surface area (TPSA) is 26.0 Å². The van der Waals surface area contributed by atoms with Crippen LogP contribution >= 0.6 is 15.9 Å². The third kappa shape index (κ3) is 2.70. The predicted octanol–water partition coefficient (Wildman–Crippen LogP) is 2.99. The van der Waals surface area contributed by atoms with Crippen molar-refractivity contribution in [1.29, 1.82) is 0 Å². The maximum Gasteiger partial charge on any atom is 0.0322 e. The maximum absolute atomic E-state index is 5.69. The molecule has 0 amide bonds. The van der Waals surface area contributed by atoms with Crippen LogP contribution in [0.4, 0.5) is 5.69 Å². The second kappa shape index (κ2) is 4.31. The molecule has 0 radical (unpaired) electrons. The normalized spacial score (nSPS) is 10.8. The van der Waals surface area contributed by atoms with Gasteiger partial charge < -0.3 is 5.73 Å². The molecule has 0 aliphatic heterocycles. The van der Waals surface area contributed by atoms with E-state index in [1.807, 2.05) is 25.1 Å². The van der Waals surface area contributed by atoms with E-state index in [9.17, 15) is 0 Å². The molecule has 12 heavy (non-hydrogen) atoms. The highest BCUT2D eigenvalue weighted by molar-refractivity contribution is 9.09. The average Bonchev–Trinajstić information content (AvgIpc) is 1.99. The molecule has 1 aromatic carbocycles. The highest BCUT2D eigenvalue weighted by atomic mass is 79.9. The van der Waals surface area contributed by atoms with Crippen LogP contribution in [0.3, 0.4) is 0 Å². The number of nitrogen functional groups attached to an aromatic ring is 1. The van der Waals surface area contributed by atoms with E-state index in [4.69, 9.17) is 5.73 Å². The van der Waals surface area contributed by atoms with E-state index >= 15 is 0 Å². The van der Waals surface area contributed by atoms with Gasteiger partial charge in [0.05, 0.1) is 0 Å². The zero-order valence-electron chi connectivity index (χ0n) is 7.05. The number of rotatable bonds is 2. The van der Waals surface area contributed by atoms with Crippen LogP contribution in [-0.2, 0) is 0 Å². The molecule has 0 atom stereocenters. The van der Waals surface area contributed by atoms with Gasteiger partial charge in [-0.1, -0.05) is 34.1 Å². The summed E-state index contributed by atoms with van der Waals surface area (Å²) in [5.74, 6) is 0. The van der Waals surface area contributed by atoms with Gasteiger partial charge in [0, 0.05) is 11.0 Å². The second-order valence-corrected chi connectivity index (χ2v) is 3.38. The number of hydrogen-bond donors (Lipinski definition) is 1. The minimum absolute atomic E-state index is 0.823. The smallest absolute Gasteiger partial charge is 0.0322 e. The molecule has 0 aliphatic rings. The van der Waals surface area contributed by atoms with E-state index in [0.29, 0.717) is 0 Å². The van der Waals surface area contributed by atoms with Crippen molar-refractivity contribution in [3.63, 3.8) is 0 Å². The van der Waals surface area contributed by atoms with E-state index in [0.717, 1.165) is 16.6 Å². The lowest BCUT2D eigenvalue weighted by atomic mass is 10.1. The summed E-state index contributed by atoms with van der Waals surface area (Å²) in [4.78, 5) is 0. The van der Waals surface area contributed by atoms with E-state index in [-0.39, 0.29) is 0 Å². The molecular formula is C10H12BrN. The van der Waals surface area contributed by atoms with E-state index in [1.165, 1.54) is 5.56 Å².